The molecule has 2 aromatic rings. The van der Waals surface area contributed by atoms with E-state index < -0.39 is 6.10 Å². The van der Waals surface area contributed by atoms with Gasteiger partial charge >= 0.3 is 0 Å². The van der Waals surface area contributed by atoms with Crippen LogP contribution in [0.15, 0.2) is 65.8 Å². The van der Waals surface area contributed by atoms with Crippen molar-refractivity contribution in [3.8, 4) is 0 Å². The van der Waals surface area contributed by atoms with Crippen molar-refractivity contribution in [1.82, 2.24) is 5.01 Å². The van der Waals surface area contributed by atoms with E-state index in [1.54, 1.807) is 11.9 Å². The quantitative estimate of drug-likeness (QED) is 0.881. The fourth-order valence-corrected chi connectivity index (χ4v) is 2.93. The molecule has 0 fully saturated rings. The normalized spacial score (nSPS) is 15.0. The van der Waals surface area contributed by atoms with Crippen molar-refractivity contribution in [2.24, 2.45) is 5.10 Å². The average molecular weight is 337 g/mol. The molecule has 0 radical (unpaired) electrons. The van der Waals surface area contributed by atoms with Crippen LogP contribution in [0, 0.1) is 0 Å². The highest BCUT2D eigenvalue weighted by Crippen LogP contribution is 2.17. The lowest BCUT2D eigenvalue weighted by molar-refractivity contribution is -0.129. The van der Waals surface area contributed by atoms with Crippen LogP contribution in [0.5, 0.6) is 0 Å². The van der Waals surface area contributed by atoms with Crippen molar-refractivity contribution in [2.75, 3.05) is 24.5 Å². The second kappa shape index (κ2) is 7.94. The van der Waals surface area contributed by atoms with Crippen LogP contribution in [-0.2, 0) is 4.79 Å². The Balaban J connectivity index is 1.70. The summed E-state index contributed by atoms with van der Waals surface area (Å²) in [5.74, 6) is -0.0598. The van der Waals surface area contributed by atoms with Crippen LogP contribution in [0.2, 0.25) is 0 Å². The van der Waals surface area contributed by atoms with E-state index in [9.17, 15) is 9.90 Å². The molecular formula is C20H23N3O2. The summed E-state index contributed by atoms with van der Waals surface area (Å²) in [4.78, 5) is 14.6. The van der Waals surface area contributed by atoms with Gasteiger partial charge in [-0.2, -0.15) is 5.10 Å². The summed E-state index contributed by atoms with van der Waals surface area (Å²) in [6.45, 7) is 2.92. The molecular weight excluding hydrogens is 314 g/mol. The number of carbonyl (C=O) groups is 1. The van der Waals surface area contributed by atoms with Crippen LogP contribution < -0.4 is 4.90 Å². The molecule has 3 rings (SSSR count). The second-order valence-electron chi connectivity index (χ2n) is 6.24. The number of benzene rings is 2. The lowest BCUT2D eigenvalue weighted by Gasteiger charge is -2.26. The zero-order valence-corrected chi connectivity index (χ0v) is 14.4. The lowest BCUT2D eigenvalue weighted by atomic mass is 10.1. The van der Waals surface area contributed by atoms with Gasteiger partial charge in [-0.15, -0.1) is 0 Å². The first-order valence-electron chi connectivity index (χ1n) is 8.55. The first kappa shape index (κ1) is 17.2. The Morgan fingerprint density at radius 2 is 1.80 bits per heavy atom. The van der Waals surface area contributed by atoms with Gasteiger partial charge in [0, 0.05) is 18.7 Å². The van der Waals surface area contributed by atoms with Crippen LogP contribution in [0.1, 0.15) is 18.9 Å². The highest BCUT2D eigenvalue weighted by molar-refractivity contribution is 6.02. The predicted octanol–water partition coefficient (Wildman–Crippen LogP) is 2.51. The molecule has 0 aliphatic carbocycles. The zero-order chi connectivity index (χ0) is 17.6. The number of hydrazone groups is 1. The number of amides is 1. The minimum absolute atomic E-state index is 0.0598. The number of hydrogen-bond donors (Lipinski definition) is 1. The Hall–Kier alpha value is -2.66. The SMILES string of the molecule is C[C@H](O)CN(CC(=O)N1CCC(c2ccccc2)=N1)c1ccccc1. The number of carbonyl (C=O) groups excluding carboxylic acids is 1. The van der Waals surface area contributed by atoms with Gasteiger partial charge in [-0.1, -0.05) is 48.5 Å². The highest BCUT2D eigenvalue weighted by atomic mass is 16.3. The molecule has 1 N–H and O–H groups in total. The maximum atomic E-state index is 12.7. The van der Waals surface area contributed by atoms with Gasteiger partial charge in [-0.25, -0.2) is 5.01 Å². The molecule has 2 aromatic carbocycles. The van der Waals surface area contributed by atoms with E-state index in [0.717, 1.165) is 23.4 Å². The smallest absolute Gasteiger partial charge is 0.262 e. The van der Waals surface area contributed by atoms with Gasteiger partial charge in [0.05, 0.1) is 24.9 Å². The number of aliphatic hydroxyl groups excluding tert-OH is 1. The molecule has 0 saturated heterocycles. The molecule has 5 nitrogen and oxygen atoms in total. The van der Waals surface area contributed by atoms with Gasteiger partial charge in [0.15, 0.2) is 0 Å². The van der Waals surface area contributed by atoms with Gasteiger partial charge in [0.25, 0.3) is 5.91 Å². The van der Waals surface area contributed by atoms with Gasteiger partial charge in [-0.05, 0) is 24.6 Å². The number of aliphatic hydroxyl groups is 1. The Kier molecular flexibility index (Phi) is 5.46. The molecule has 130 valence electrons. The maximum absolute atomic E-state index is 12.7. The Bertz CT molecular complexity index is 729. The summed E-state index contributed by atoms with van der Waals surface area (Å²) >= 11 is 0. The first-order valence-corrected chi connectivity index (χ1v) is 8.55. The number of nitrogens with zero attached hydrogens (tertiary/aromatic N) is 3. The van der Waals surface area contributed by atoms with E-state index in [0.29, 0.717) is 13.1 Å². The van der Waals surface area contributed by atoms with Crippen LogP contribution in [0.4, 0.5) is 5.69 Å². The highest BCUT2D eigenvalue weighted by Gasteiger charge is 2.23. The minimum Gasteiger partial charge on any atom is -0.392 e. The van der Waals surface area contributed by atoms with E-state index >= 15 is 0 Å². The van der Waals surface area contributed by atoms with E-state index in [2.05, 4.69) is 5.10 Å². The topological polar surface area (TPSA) is 56.1 Å². The third-order valence-corrected chi connectivity index (χ3v) is 4.13. The molecule has 1 atom stereocenters. The Labute approximate surface area is 148 Å². The largest absolute Gasteiger partial charge is 0.392 e. The van der Waals surface area contributed by atoms with E-state index in [1.165, 1.54) is 0 Å². The lowest BCUT2D eigenvalue weighted by Crippen LogP contribution is -2.40. The molecule has 0 bridgehead atoms. The van der Waals surface area contributed by atoms with Crippen molar-refractivity contribution in [1.29, 1.82) is 0 Å². The maximum Gasteiger partial charge on any atom is 0.262 e. The summed E-state index contributed by atoms with van der Waals surface area (Å²) in [7, 11) is 0. The first-order chi connectivity index (χ1) is 12.1. The zero-order valence-electron chi connectivity index (χ0n) is 14.4. The third-order valence-electron chi connectivity index (χ3n) is 4.13. The molecule has 0 unspecified atom stereocenters. The molecule has 0 spiro atoms. The van der Waals surface area contributed by atoms with Gasteiger partial charge in [0.1, 0.15) is 0 Å². The number of para-hydroxylation sites is 1. The summed E-state index contributed by atoms with van der Waals surface area (Å²) in [5.41, 5.74) is 2.92. The summed E-state index contributed by atoms with van der Waals surface area (Å²) in [5, 5.41) is 15.8. The molecule has 1 heterocycles. The van der Waals surface area contributed by atoms with Crippen LogP contribution in [0.25, 0.3) is 0 Å². The van der Waals surface area contributed by atoms with Crippen LogP contribution in [-0.4, -0.2) is 47.5 Å². The molecule has 1 aliphatic heterocycles. The molecule has 0 aromatic heterocycles. The summed E-state index contributed by atoms with van der Waals surface area (Å²) < 4.78 is 0. The van der Waals surface area contributed by atoms with Gasteiger partial charge in [0.2, 0.25) is 0 Å². The van der Waals surface area contributed by atoms with Gasteiger partial charge in [-0.3, -0.25) is 4.79 Å². The fraction of sp³-hybridized carbons (Fsp3) is 0.300. The molecule has 1 amide bonds. The fourth-order valence-electron chi connectivity index (χ4n) is 2.93. The molecule has 1 aliphatic rings. The molecule has 5 heteroatoms. The number of rotatable bonds is 6. The average Bonchev–Trinajstić information content (AvgIpc) is 3.12. The van der Waals surface area contributed by atoms with Crippen molar-refractivity contribution in [3.05, 3.63) is 66.2 Å². The summed E-state index contributed by atoms with van der Waals surface area (Å²) in [6, 6.07) is 19.6. The standard InChI is InChI=1S/C20H23N3O2/c1-16(24)14-22(18-10-6-3-7-11-18)15-20(25)23-13-12-19(21-23)17-8-4-2-5-9-17/h2-11,16,24H,12-15H2,1H3/t16-/m0/s1. The van der Waals surface area contributed by atoms with Crippen molar-refractivity contribution in [3.63, 3.8) is 0 Å². The van der Waals surface area contributed by atoms with Crippen LogP contribution >= 0.6 is 0 Å². The van der Waals surface area contributed by atoms with E-state index in [1.807, 2.05) is 65.6 Å². The van der Waals surface area contributed by atoms with Crippen molar-refractivity contribution < 1.29 is 9.90 Å². The Morgan fingerprint density at radius 3 is 2.44 bits per heavy atom. The second-order valence-corrected chi connectivity index (χ2v) is 6.24. The van der Waals surface area contributed by atoms with Crippen molar-refractivity contribution in [2.45, 2.75) is 19.4 Å². The number of anilines is 1. The van der Waals surface area contributed by atoms with Gasteiger partial charge < -0.3 is 10.0 Å². The predicted molar refractivity (Wildman–Crippen MR) is 99.6 cm³/mol. The van der Waals surface area contributed by atoms with Crippen LogP contribution in [0.3, 0.4) is 0 Å². The summed E-state index contributed by atoms with van der Waals surface area (Å²) in [6.07, 6.45) is 0.243. The Morgan fingerprint density at radius 1 is 1.16 bits per heavy atom. The monoisotopic (exact) mass is 337 g/mol. The molecule has 0 saturated carbocycles. The third kappa shape index (κ3) is 4.45. The van der Waals surface area contributed by atoms with Crippen molar-refractivity contribution >= 4 is 17.3 Å². The van der Waals surface area contributed by atoms with E-state index in [-0.39, 0.29) is 12.5 Å². The van der Waals surface area contributed by atoms with E-state index in [4.69, 9.17) is 0 Å². The minimum atomic E-state index is -0.519. The molecule has 25 heavy (non-hydrogen) atoms. The number of hydrogen-bond acceptors (Lipinski definition) is 4.